The summed E-state index contributed by atoms with van der Waals surface area (Å²) in [6, 6.07) is 19.9. The largest absolute Gasteiger partial charge is 0.490 e. The van der Waals surface area contributed by atoms with E-state index in [1.807, 2.05) is 43.3 Å². The Balaban J connectivity index is 1.70. The minimum atomic E-state index is -0.952. The van der Waals surface area contributed by atoms with Crippen LogP contribution in [0.2, 0.25) is 10.0 Å². The SMILES string of the molecule is CCOc1cc(/C=N\NC(=O)[C@H](Cc2ccccc2)NC(=O)[C@@H](C)Oc2ccc(Cl)cc2Cl)ccc1OCC#N. The summed E-state index contributed by atoms with van der Waals surface area (Å²) < 4.78 is 16.6. The number of hydrogen-bond donors (Lipinski definition) is 2. The van der Waals surface area contributed by atoms with Crippen molar-refractivity contribution >= 4 is 41.2 Å². The molecule has 3 rings (SSSR count). The lowest BCUT2D eigenvalue weighted by Crippen LogP contribution is -2.50. The second kappa shape index (κ2) is 15.4. The van der Waals surface area contributed by atoms with Crippen molar-refractivity contribution in [2.24, 2.45) is 5.10 Å². The Labute approximate surface area is 242 Å². The minimum absolute atomic E-state index is 0.117. The highest BCUT2D eigenvalue weighted by molar-refractivity contribution is 6.35. The van der Waals surface area contributed by atoms with Gasteiger partial charge < -0.3 is 19.5 Å². The van der Waals surface area contributed by atoms with Crippen molar-refractivity contribution in [1.29, 1.82) is 5.26 Å². The Bertz CT molecular complexity index is 1380. The van der Waals surface area contributed by atoms with E-state index < -0.39 is 24.0 Å². The Morgan fingerprint density at radius 1 is 1.00 bits per heavy atom. The standard InChI is InChI=1S/C29H28Cl2N4O5/c1-3-38-27-16-21(9-11-26(27)39-14-13-32)18-33-35-29(37)24(15-20-7-5-4-6-8-20)34-28(36)19(2)40-25-12-10-22(30)17-23(25)31/h4-12,16-19,24H,3,14-15H2,1-2H3,(H,34,36)(H,35,37)/b33-18-/t19-,24+/m1/s1. The van der Waals surface area contributed by atoms with E-state index in [-0.39, 0.29) is 23.8 Å². The average molecular weight is 583 g/mol. The zero-order chi connectivity index (χ0) is 28.9. The van der Waals surface area contributed by atoms with Crippen LogP contribution in [-0.4, -0.2) is 43.4 Å². The number of benzene rings is 3. The van der Waals surface area contributed by atoms with Crippen molar-refractivity contribution < 1.29 is 23.8 Å². The molecule has 0 saturated heterocycles. The Morgan fingerprint density at radius 3 is 2.45 bits per heavy atom. The number of halogens is 2. The lowest BCUT2D eigenvalue weighted by Gasteiger charge is -2.21. The molecule has 0 heterocycles. The van der Waals surface area contributed by atoms with Crippen molar-refractivity contribution in [3.05, 3.63) is 87.9 Å². The highest BCUT2D eigenvalue weighted by atomic mass is 35.5. The summed E-state index contributed by atoms with van der Waals surface area (Å²) in [5.74, 6) is 0.117. The summed E-state index contributed by atoms with van der Waals surface area (Å²) in [7, 11) is 0. The quantitative estimate of drug-likeness (QED) is 0.217. The third kappa shape index (κ3) is 9.19. The van der Waals surface area contributed by atoms with Crippen LogP contribution in [0.15, 0.2) is 71.8 Å². The van der Waals surface area contributed by atoms with Gasteiger partial charge in [0.2, 0.25) is 0 Å². The van der Waals surface area contributed by atoms with Crippen LogP contribution in [0.1, 0.15) is 25.0 Å². The molecule has 0 unspecified atom stereocenters. The van der Waals surface area contributed by atoms with Gasteiger partial charge in [-0.25, -0.2) is 5.43 Å². The molecule has 9 nitrogen and oxygen atoms in total. The molecule has 0 radical (unpaired) electrons. The first kappa shape index (κ1) is 30.3. The second-order valence-electron chi connectivity index (χ2n) is 8.41. The number of nitrogens with zero attached hydrogens (tertiary/aromatic N) is 2. The van der Waals surface area contributed by atoms with E-state index in [1.165, 1.54) is 12.3 Å². The maximum absolute atomic E-state index is 13.1. The molecule has 0 spiro atoms. The molecule has 3 aromatic carbocycles. The van der Waals surface area contributed by atoms with Gasteiger partial charge in [-0.2, -0.15) is 10.4 Å². The summed E-state index contributed by atoms with van der Waals surface area (Å²) in [5, 5.41) is 16.2. The van der Waals surface area contributed by atoms with Gasteiger partial charge in [-0.1, -0.05) is 53.5 Å². The fourth-order valence-corrected chi connectivity index (χ4v) is 3.97. The molecule has 2 amide bonds. The van der Waals surface area contributed by atoms with Crippen LogP contribution < -0.4 is 25.0 Å². The van der Waals surface area contributed by atoms with Crippen molar-refractivity contribution in [2.75, 3.05) is 13.2 Å². The second-order valence-corrected chi connectivity index (χ2v) is 9.25. The normalized spacial score (nSPS) is 12.2. The van der Waals surface area contributed by atoms with Crippen molar-refractivity contribution in [1.82, 2.24) is 10.7 Å². The van der Waals surface area contributed by atoms with Crippen LogP contribution in [-0.2, 0) is 16.0 Å². The maximum atomic E-state index is 13.1. The number of nitriles is 1. The van der Waals surface area contributed by atoms with E-state index in [4.69, 9.17) is 42.7 Å². The van der Waals surface area contributed by atoms with Crippen molar-refractivity contribution in [3.8, 4) is 23.3 Å². The molecule has 11 heteroatoms. The third-order valence-corrected chi connectivity index (χ3v) is 5.96. The summed E-state index contributed by atoms with van der Waals surface area (Å²) in [5.41, 5.74) is 3.95. The van der Waals surface area contributed by atoms with Gasteiger partial charge in [0.25, 0.3) is 11.8 Å². The Hall–Kier alpha value is -4.26. The van der Waals surface area contributed by atoms with Crippen LogP contribution >= 0.6 is 23.2 Å². The smallest absolute Gasteiger partial charge is 0.262 e. The molecule has 0 aliphatic carbocycles. The monoisotopic (exact) mass is 582 g/mol. The van der Waals surface area contributed by atoms with Gasteiger partial charge >= 0.3 is 0 Å². The van der Waals surface area contributed by atoms with Gasteiger partial charge in [-0.15, -0.1) is 0 Å². The Kier molecular flexibility index (Phi) is 11.6. The number of hydrogen-bond acceptors (Lipinski definition) is 7. The van der Waals surface area contributed by atoms with Gasteiger partial charge in [0, 0.05) is 11.4 Å². The predicted molar refractivity (Wildman–Crippen MR) is 153 cm³/mol. The first-order chi connectivity index (χ1) is 19.3. The lowest BCUT2D eigenvalue weighted by molar-refractivity contribution is -0.132. The van der Waals surface area contributed by atoms with E-state index in [9.17, 15) is 9.59 Å². The van der Waals surface area contributed by atoms with Crippen molar-refractivity contribution in [3.63, 3.8) is 0 Å². The van der Waals surface area contributed by atoms with Crippen LogP contribution in [0.3, 0.4) is 0 Å². The van der Waals surface area contributed by atoms with Crippen LogP contribution in [0.5, 0.6) is 17.2 Å². The minimum Gasteiger partial charge on any atom is -0.490 e. The fraction of sp³-hybridized carbons (Fsp3) is 0.241. The number of carbonyl (C=O) groups is 2. The highest BCUT2D eigenvalue weighted by Crippen LogP contribution is 2.29. The molecule has 3 aromatic rings. The number of ether oxygens (including phenoxy) is 3. The zero-order valence-corrected chi connectivity index (χ0v) is 23.4. The molecule has 40 heavy (non-hydrogen) atoms. The van der Waals surface area contributed by atoms with Crippen LogP contribution in [0, 0.1) is 11.3 Å². The van der Waals surface area contributed by atoms with Gasteiger partial charge in [-0.05, 0) is 61.4 Å². The van der Waals surface area contributed by atoms with Crippen LogP contribution in [0.25, 0.3) is 0 Å². The fourth-order valence-electron chi connectivity index (χ4n) is 3.51. The number of carbonyl (C=O) groups excluding carboxylic acids is 2. The van der Waals surface area contributed by atoms with E-state index >= 15 is 0 Å². The van der Waals surface area contributed by atoms with E-state index in [0.717, 1.165) is 5.56 Å². The number of amides is 2. The molecule has 0 aliphatic rings. The zero-order valence-electron chi connectivity index (χ0n) is 21.9. The van der Waals surface area contributed by atoms with Gasteiger partial charge in [0.1, 0.15) is 17.9 Å². The van der Waals surface area contributed by atoms with Crippen LogP contribution in [0.4, 0.5) is 0 Å². The summed E-state index contributed by atoms with van der Waals surface area (Å²) in [6.45, 7) is 3.66. The van der Waals surface area contributed by atoms with E-state index in [0.29, 0.717) is 28.7 Å². The molecule has 208 valence electrons. The number of rotatable bonds is 13. The topological polar surface area (TPSA) is 122 Å². The first-order valence-electron chi connectivity index (χ1n) is 12.4. The highest BCUT2D eigenvalue weighted by Gasteiger charge is 2.25. The first-order valence-corrected chi connectivity index (χ1v) is 13.1. The molecular weight excluding hydrogens is 555 g/mol. The molecule has 0 bridgehead atoms. The lowest BCUT2D eigenvalue weighted by atomic mass is 10.1. The third-order valence-electron chi connectivity index (χ3n) is 5.43. The molecule has 0 aromatic heterocycles. The van der Waals surface area contributed by atoms with Gasteiger partial charge in [0.15, 0.2) is 24.2 Å². The number of hydrazone groups is 1. The summed E-state index contributed by atoms with van der Waals surface area (Å²) >= 11 is 12.1. The van der Waals surface area contributed by atoms with Crippen molar-refractivity contribution in [2.45, 2.75) is 32.4 Å². The molecule has 0 saturated carbocycles. The molecule has 0 aliphatic heterocycles. The van der Waals surface area contributed by atoms with Gasteiger partial charge in [0.05, 0.1) is 17.8 Å². The van der Waals surface area contributed by atoms with E-state index in [1.54, 1.807) is 37.3 Å². The predicted octanol–water partition coefficient (Wildman–Crippen LogP) is 4.94. The molecule has 0 fully saturated rings. The Morgan fingerprint density at radius 2 is 1.75 bits per heavy atom. The molecule has 2 atom stereocenters. The molecular formula is C29H28Cl2N4O5. The summed E-state index contributed by atoms with van der Waals surface area (Å²) in [4.78, 5) is 26.1. The van der Waals surface area contributed by atoms with E-state index in [2.05, 4.69) is 15.8 Å². The summed E-state index contributed by atoms with van der Waals surface area (Å²) in [6.07, 6.45) is 0.707. The van der Waals surface area contributed by atoms with Gasteiger partial charge in [-0.3, -0.25) is 9.59 Å². The average Bonchev–Trinajstić information content (AvgIpc) is 2.94. The molecule has 2 N–H and O–H groups in total. The maximum Gasteiger partial charge on any atom is 0.262 e. The number of nitrogens with one attached hydrogen (secondary N) is 2.